The quantitative estimate of drug-likeness (QED) is 0.433. The van der Waals surface area contributed by atoms with Gasteiger partial charge in [-0.2, -0.15) is 0 Å². The van der Waals surface area contributed by atoms with Gasteiger partial charge in [0, 0.05) is 23.7 Å². The molecular weight excluding hydrogens is 340 g/mol. The van der Waals surface area contributed by atoms with Crippen LogP contribution >= 0.6 is 0 Å². The fourth-order valence-corrected chi connectivity index (χ4v) is 3.41. The second-order valence-electron chi connectivity index (χ2n) is 6.45. The van der Waals surface area contributed by atoms with E-state index in [0.717, 1.165) is 11.8 Å². The van der Waals surface area contributed by atoms with Crippen LogP contribution in [0.25, 0.3) is 21.5 Å². The molecule has 1 aromatic heterocycles. The molecule has 1 heterocycles. The number of aryl methyl sites for hydroxylation is 2. The van der Waals surface area contributed by atoms with Gasteiger partial charge in [-0.05, 0) is 46.3 Å². The number of hydrogen-bond acceptors (Lipinski definition) is 3. The van der Waals surface area contributed by atoms with Gasteiger partial charge in [0.1, 0.15) is 0 Å². The van der Waals surface area contributed by atoms with Crippen molar-refractivity contribution in [3.05, 3.63) is 94.4 Å². The molecule has 0 spiro atoms. The van der Waals surface area contributed by atoms with Crippen molar-refractivity contribution in [2.45, 2.75) is 13.0 Å². The average molecular weight is 358 g/mol. The molecule has 134 valence electrons. The lowest BCUT2D eigenvalue weighted by Crippen LogP contribution is -2.22. The van der Waals surface area contributed by atoms with Gasteiger partial charge in [0.2, 0.25) is 0 Å². The number of rotatable bonds is 4. The summed E-state index contributed by atoms with van der Waals surface area (Å²) in [5.41, 5.74) is 2.88. The maximum Gasteiger partial charge on any atom is 0.274 e. The van der Waals surface area contributed by atoms with Crippen LogP contribution in [0.4, 0.5) is 0 Å². The van der Waals surface area contributed by atoms with Crippen molar-refractivity contribution in [3.8, 4) is 0 Å². The largest absolute Gasteiger partial charge is 0.315 e. The fourth-order valence-electron chi connectivity index (χ4n) is 3.41. The first kappa shape index (κ1) is 17.0. The Balaban J connectivity index is 1.68. The van der Waals surface area contributed by atoms with Crippen LogP contribution in [0.3, 0.4) is 0 Å². The lowest BCUT2D eigenvalue weighted by molar-refractivity contribution is 0.0706. The predicted molar refractivity (Wildman–Crippen MR) is 105 cm³/mol. The third kappa shape index (κ3) is 3.20. The second-order valence-corrected chi connectivity index (χ2v) is 6.45. The van der Waals surface area contributed by atoms with E-state index >= 15 is 0 Å². The number of carbonyl (C=O) groups excluding carboxylic acids is 1. The van der Waals surface area contributed by atoms with Crippen LogP contribution in [0.1, 0.15) is 15.9 Å². The molecule has 5 heteroatoms. The summed E-state index contributed by atoms with van der Waals surface area (Å²) in [6.45, 7) is 0.541. The zero-order valence-electron chi connectivity index (χ0n) is 14.6. The molecule has 0 aliphatic carbocycles. The molecule has 4 aromatic rings. The summed E-state index contributed by atoms with van der Waals surface area (Å²) < 4.78 is 1.66. The van der Waals surface area contributed by atoms with Crippen LogP contribution in [-0.4, -0.2) is 15.7 Å². The number of hydroxylamine groups is 1. The maximum absolute atomic E-state index is 12.8. The highest BCUT2D eigenvalue weighted by atomic mass is 16.5. The first-order valence-electron chi connectivity index (χ1n) is 8.71. The van der Waals surface area contributed by atoms with E-state index in [1.54, 1.807) is 28.4 Å². The van der Waals surface area contributed by atoms with E-state index in [2.05, 4.69) is 24.3 Å². The number of carbonyl (C=O) groups is 1. The van der Waals surface area contributed by atoms with Crippen molar-refractivity contribution in [2.24, 2.45) is 0 Å². The third-order valence-electron chi connectivity index (χ3n) is 4.84. The Morgan fingerprint density at radius 2 is 1.70 bits per heavy atom. The molecule has 0 aliphatic rings. The normalized spacial score (nSPS) is 11.0. The van der Waals surface area contributed by atoms with Gasteiger partial charge in [0.25, 0.3) is 11.5 Å². The van der Waals surface area contributed by atoms with Crippen LogP contribution < -0.4 is 11.0 Å². The van der Waals surface area contributed by atoms with Crippen molar-refractivity contribution < 1.29 is 10.0 Å². The molecule has 27 heavy (non-hydrogen) atoms. The number of pyridine rings is 1. The summed E-state index contributed by atoms with van der Waals surface area (Å²) in [4.78, 5) is 24.5. The van der Waals surface area contributed by atoms with E-state index in [0.29, 0.717) is 11.9 Å². The van der Waals surface area contributed by atoms with Gasteiger partial charge in [0.05, 0.1) is 0 Å². The minimum absolute atomic E-state index is 0.152. The number of benzene rings is 3. The summed E-state index contributed by atoms with van der Waals surface area (Å²) in [6.07, 6.45) is 2.51. The molecule has 0 aliphatic heterocycles. The van der Waals surface area contributed by atoms with Gasteiger partial charge in [0.15, 0.2) is 0 Å². The lowest BCUT2D eigenvalue weighted by atomic mass is 10.0. The van der Waals surface area contributed by atoms with Crippen LogP contribution in [0.5, 0.6) is 0 Å². The van der Waals surface area contributed by atoms with E-state index in [4.69, 9.17) is 5.21 Å². The number of nitrogens with zero attached hydrogens (tertiary/aromatic N) is 1. The van der Waals surface area contributed by atoms with Crippen molar-refractivity contribution in [2.75, 3.05) is 0 Å². The maximum atomic E-state index is 12.8. The van der Waals surface area contributed by atoms with E-state index in [-0.39, 0.29) is 11.1 Å². The molecule has 0 bridgehead atoms. The van der Waals surface area contributed by atoms with Gasteiger partial charge in [-0.15, -0.1) is 0 Å². The standard InChI is InChI=1S/C22H18N2O3/c25-21(23-27)18-9-8-17-11-13-24(22(26)20(17)14-18)12-10-16-6-3-5-15-4-1-2-7-19(15)16/h1-9,11,13-14,27H,10,12H2,(H,23,25). The van der Waals surface area contributed by atoms with Crippen molar-refractivity contribution in [1.29, 1.82) is 0 Å². The Kier molecular flexibility index (Phi) is 4.44. The number of aromatic nitrogens is 1. The average Bonchev–Trinajstić information content (AvgIpc) is 2.72. The van der Waals surface area contributed by atoms with Crippen molar-refractivity contribution in [1.82, 2.24) is 10.0 Å². The molecule has 0 atom stereocenters. The van der Waals surface area contributed by atoms with Crippen molar-refractivity contribution in [3.63, 3.8) is 0 Å². The fraction of sp³-hybridized carbons (Fsp3) is 0.0909. The summed E-state index contributed by atoms with van der Waals surface area (Å²) >= 11 is 0. The van der Waals surface area contributed by atoms with Gasteiger partial charge < -0.3 is 4.57 Å². The molecule has 0 fully saturated rings. The van der Waals surface area contributed by atoms with Crippen LogP contribution in [0, 0.1) is 0 Å². The van der Waals surface area contributed by atoms with E-state index in [1.807, 2.05) is 24.3 Å². The Morgan fingerprint density at radius 1 is 0.926 bits per heavy atom. The lowest BCUT2D eigenvalue weighted by Gasteiger charge is -2.10. The van der Waals surface area contributed by atoms with E-state index in [1.165, 1.54) is 22.4 Å². The minimum Gasteiger partial charge on any atom is -0.315 e. The van der Waals surface area contributed by atoms with Crippen LogP contribution in [0.15, 0.2) is 77.7 Å². The topological polar surface area (TPSA) is 71.3 Å². The molecule has 0 saturated heterocycles. The first-order chi connectivity index (χ1) is 13.2. The van der Waals surface area contributed by atoms with E-state index < -0.39 is 5.91 Å². The Labute approximate surface area is 155 Å². The van der Waals surface area contributed by atoms with Gasteiger partial charge >= 0.3 is 0 Å². The van der Waals surface area contributed by atoms with Crippen LogP contribution in [-0.2, 0) is 13.0 Å². The van der Waals surface area contributed by atoms with Crippen molar-refractivity contribution >= 4 is 27.5 Å². The number of amides is 1. The zero-order chi connectivity index (χ0) is 18.8. The second kappa shape index (κ2) is 7.05. The Hall–Kier alpha value is -3.44. The monoisotopic (exact) mass is 358 g/mol. The first-order valence-corrected chi connectivity index (χ1v) is 8.71. The summed E-state index contributed by atoms with van der Waals surface area (Å²) in [7, 11) is 0. The summed E-state index contributed by atoms with van der Waals surface area (Å²) in [5, 5.41) is 12.4. The molecule has 0 saturated carbocycles. The zero-order valence-corrected chi connectivity index (χ0v) is 14.6. The highest BCUT2D eigenvalue weighted by Crippen LogP contribution is 2.19. The third-order valence-corrected chi connectivity index (χ3v) is 4.84. The minimum atomic E-state index is -0.637. The molecule has 3 aromatic carbocycles. The highest BCUT2D eigenvalue weighted by molar-refractivity contribution is 5.97. The number of fused-ring (bicyclic) bond motifs is 2. The van der Waals surface area contributed by atoms with Gasteiger partial charge in [-0.1, -0.05) is 48.5 Å². The molecular formula is C22H18N2O3. The number of hydrogen-bond donors (Lipinski definition) is 2. The predicted octanol–water partition coefficient (Wildman–Crippen LogP) is 3.52. The smallest absolute Gasteiger partial charge is 0.274 e. The Morgan fingerprint density at radius 3 is 2.56 bits per heavy atom. The molecule has 0 unspecified atom stereocenters. The molecule has 4 rings (SSSR count). The SMILES string of the molecule is O=C(NO)c1ccc2ccn(CCc3cccc4ccccc34)c(=O)c2c1. The van der Waals surface area contributed by atoms with E-state index in [9.17, 15) is 9.59 Å². The summed E-state index contributed by atoms with van der Waals surface area (Å²) in [6, 6.07) is 21.0. The number of nitrogens with one attached hydrogen (secondary N) is 1. The molecule has 1 amide bonds. The highest BCUT2D eigenvalue weighted by Gasteiger charge is 2.09. The molecule has 0 radical (unpaired) electrons. The Bertz CT molecular complexity index is 1210. The summed E-state index contributed by atoms with van der Waals surface area (Å²) in [5.74, 6) is -0.637. The van der Waals surface area contributed by atoms with Gasteiger partial charge in [-0.25, -0.2) is 5.48 Å². The van der Waals surface area contributed by atoms with Crippen LogP contribution in [0.2, 0.25) is 0 Å². The molecule has 5 nitrogen and oxygen atoms in total. The van der Waals surface area contributed by atoms with Gasteiger partial charge in [-0.3, -0.25) is 14.8 Å². The molecule has 2 N–H and O–H groups in total.